The van der Waals surface area contributed by atoms with E-state index in [0.717, 1.165) is 5.69 Å². The Hall–Kier alpha value is -3.22. The number of aromatic carboxylic acids is 1. The van der Waals surface area contributed by atoms with Gasteiger partial charge in [0.15, 0.2) is 11.5 Å². The lowest BCUT2D eigenvalue weighted by Crippen LogP contribution is -2.49. The van der Waals surface area contributed by atoms with Gasteiger partial charge in [0, 0.05) is 31.9 Å². The van der Waals surface area contributed by atoms with Gasteiger partial charge >= 0.3 is 5.97 Å². The molecule has 0 spiro atoms. The first-order valence-electron chi connectivity index (χ1n) is 9.20. The van der Waals surface area contributed by atoms with Crippen molar-refractivity contribution in [2.75, 3.05) is 44.8 Å². The first kappa shape index (κ1) is 19.5. The molecule has 1 aliphatic rings. The van der Waals surface area contributed by atoms with Crippen molar-refractivity contribution in [3.8, 4) is 11.5 Å². The molecule has 0 aromatic heterocycles. The van der Waals surface area contributed by atoms with Crippen molar-refractivity contribution < 1.29 is 24.2 Å². The molecule has 2 aromatic carbocycles. The molecule has 1 saturated heterocycles. The fraction of sp³-hybridized carbons (Fsp3) is 0.333. The Morgan fingerprint density at radius 1 is 1.00 bits per heavy atom. The molecule has 0 unspecified atom stereocenters. The molecule has 28 heavy (non-hydrogen) atoms. The molecule has 1 fully saturated rings. The predicted octanol–water partition coefficient (Wildman–Crippen LogP) is 2.51. The summed E-state index contributed by atoms with van der Waals surface area (Å²) < 4.78 is 10.9. The molecular formula is C21H24N2O5. The number of methoxy groups -OCH3 is 1. The second-order valence-corrected chi connectivity index (χ2v) is 6.47. The predicted molar refractivity (Wildman–Crippen MR) is 105 cm³/mol. The second kappa shape index (κ2) is 9.12. The minimum atomic E-state index is -0.939. The first-order chi connectivity index (χ1) is 13.6. The lowest BCUT2D eigenvalue weighted by molar-refractivity contribution is -0.132. The van der Waals surface area contributed by atoms with Crippen LogP contribution in [0.2, 0.25) is 0 Å². The highest BCUT2D eigenvalue weighted by molar-refractivity contribution is 5.88. The Kier molecular flexibility index (Phi) is 6.37. The van der Waals surface area contributed by atoms with Crippen molar-refractivity contribution in [1.29, 1.82) is 0 Å². The molecule has 7 nitrogen and oxygen atoms in total. The largest absolute Gasteiger partial charge is 0.493 e. The summed E-state index contributed by atoms with van der Waals surface area (Å²) in [6.07, 6.45) is 0.298. The number of rotatable bonds is 7. The van der Waals surface area contributed by atoms with Crippen LogP contribution in [0.25, 0.3) is 0 Å². The van der Waals surface area contributed by atoms with E-state index in [1.807, 2.05) is 35.2 Å². The molecule has 3 rings (SSSR count). The molecule has 1 N–H and O–H groups in total. The van der Waals surface area contributed by atoms with E-state index in [-0.39, 0.29) is 11.5 Å². The maximum absolute atomic E-state index is 12.4. The van der Waals surface area contributed by atoms with Crippen LogP contribution in [-0.4, -0.2) is 61.8 Å². The van der Waals surface area contributed by atoms with Gasteiger partial charge in [0.1, 0.15) is 0 Å². The van der Waals surface area contributed by atoms with Crippen LogP contribution in [0.3, 0.4) is 0 Å². The Bertz CT molecular complexity index is 831. The van der Waals surface area contributed by atoms with E-state index in [4.69, 9.17) is 14.6 Å². The molecule has 0 saturated carbocycles. The summed E-state index contributed by atoms with van der Waals surface area (Å²) in [5.41, 5.74) is 1.14. The molecule has 1 heterocycles. The van der Waals surface area contributed by atoms with Gasteiger partial charge in [-0.15, -0.1) is 0 Å². The fourth-order valence-electron chi connectivity index (χ4n) is 3.19. The van der Waals surface area contributed by atoms with Crippen LogP contribution >= 0.6 is 0 Å². The van der Waals surface area contributed by atoms with Gasteiger partial charge in [-0.3, -0.25) is 4.79 Å². The third kappa shape index (κ3) is 4.73. The van der Waals surface area contributed by atoms with Crippen molar-refractivity contribution in [3.63, 3.8) is 0 Å². The molecule has 0 bridgehead atoms. The van der Waals surface area contributed by atoms with Gasteiger partial charge in [0.25, 0.3) is 0 Å². The molecule has 0 atom stereocenters. The van der Waals surface area contributed by atoms with Crippen LogP contribution in [0.4, 0.5) is 5.69 Å². The number of carbonyl (C=O) groups is 2. The zero-order chi connectivity index (χ0) is 19.9. The van der Waals surface area contributed by atoms with Crippen molar-refractivity contribution >= 4 is 17.6 Å². The molecule has 1 amide bonds. The molecule has 0 radical (unpaired) electrons. The van der Waals surface area contributed by atoms with E-state index in [2.05, 4.69) is 4.90 Å². The minimum absolute atomic E-state index is 0.0498. The summed E-state index contributed by atoms with van der Waals surface area (Å²) >= 11 is 0. The lowest BCUT2D eigenvalue weighted by Gasteiger charge is -2.36. The zero-order valence-electron chi connectivity index (χ0n) is 15.8. The quantitative estimate of drug-likeness (QED) is 0.790. The third-order valence-electron chi connectivity index (χ3n) is 4.73. The van der Waals surface area contributed by atoms with E-state index in [0.29, 0.717) is 50.7 Å². The van der Waals surface area contributed by atoms with Gasteiger partial charge in [-0.2, -0.15) is 0 Å². The standard InChI is InChI=1S/C21H24N2O5/c1-27-18-7-2-3-8-19(18)28-14-9-20(24)23-12-10-22(11-13-23)17-6-4-5-16(15-17)21(25)26/h2-8,15H,9-14H2,1H3,(H,25,26). The number of hydrogen-bond donors (Lipinski definition) is 1. The van der Waals surface area contributed by atoms with Crippen LogP contribution in [0, 0.1) is 0 Å². The Morgan fingerprint density at radius 2 is 1.71 bits per heavy atom. The third-order valence-corrected chi connectivity index (χ3v) is 4.73. The van der Waals surface area contributed by atoms with Gasteiger partial charge in [0.05, 0.1) is 25.7 Å². The summed E-state index contributed by atoms with van der Waals surface area (Å²) in [7, 11) is 1.58. The SMILES string of the molecule is COc1ccccc1OCCC(=O)N1CCN(c2cccc(C(=O)O)c2)CC1. The minimum Gasteiger partial charge on any atom is -0.493 e. The normalized spacial score (nSPS) is 13.9. The maximum Gasteiger partial charge on any atom is 0.335 e. The van der Waals surface area contributed by atoms with Crippen LogP contribution in [0.15, 0.2) is 48.5 Å². The van der Waals surface area contributed by atoms with Gasteiger partial charge < -0.3 is 24.4 Å². The van der Waals surface area contributed by atoms with Gasteiger partial charge in [0.2, 0.25) is 5.91 Å². The van der Waals surface area contributed by atoms with Gasteiger partial charge in [-0.05, 0) is 30.3 Å². The maximum atomic E-state index is 12.4. The average Bonchev–Trinajstić information content (AvgIpc) is 2.74. The van der Waals surface area contributed by atoms with Gasteiger partial charge in [-0.1, -0.05) is 18.2 Å². The topological polar surface area (TPSA) is 79.3 Å². The number of carboxylic acid groups (broad SMARTS) is 1. The zero-order valence-corrected chi connectivity index (χ0v) is 15.8. The number of nitrogens with zero attached hydrogens (tertiary/aromatic N) is 2. The first-order valence-corrected chi connectivity index (χ1v) is 9.20. The van der Waals surface area contributed by atoms with E-state index < -0.39 is 5.97 Å². The number of hydrogen-bond acceptors (Lipinski definition) is 5. The summed E-state index contributed by atoms with van der Waals surface area (Å²) in [4.78, 5) is 27.5. The highest BCUT2D eigenvalue weighted by Crippen LogP contribution is 2.26. The monoisotopic (exact) mass is 384 g/mol. The Labute approximate surface area is 164 Å². The molecule has 2 aromatic rings. The summed E-state index contributed by atoms with van der Waals surface area (Å²) in [6.45, 7) is 2.83. The highest BCUT2D eigenvalue weighted by Gasteiger charge is 2.21. The van der Waals surface area contributed by atoms with Crippen molar-refractivity contribution in [1.82, 2.24) is 4.90 Å². The van der Waals surface area contributed by atoms with Crippen LogP contribution in [-0.2, 0) is 4.79 Å². The van der Waals surface area contributed by atoms with E-state index in [1.165, 1.54) is 0 Å². The lowest BCUT2D eigenvalue weighted by atomic mass is 10.1. The Morgan fingerprint density at radius 3 is 2.39 bits per heavy atom. The number of para-hydroxylation sites is 2. The van der Waals surface area contributed by atoms with Crippen molar-refractivity contribution in [2.24, 2.45) is 0 Å². The number of carboxylic acids is 1. The number of carbonyl (C=O) groups excluding carboxylic acids is 1. The molecule has 7 heteroatoms. The smallest absolute Gasteiger partial charge is 0.335 e. The fourth-order valence-corrected chi connectivity index (χ4v) is 3.19. The summed E-state index contributed by atoms with van der Waals surface area (Å²) in [5.74, 6) is 0.382. The summed E-state index contributed by atoms with van der Waals surface area (Å²) in [6, 6.07) is 14.2. The molecule has 0 aliphatic carbocycles. The van der Waals surface area contributed by atoms with E-state index in [1.54, 1.807) is 25.3 Å². The Balaban J connectivity index is 1.47. The van der Waals surface area contributed by atoms with Gasteiger partial charge in [-0.25, -0.2) is 4.79 Å². The van der Waals surface area contributed by atoms with Crippen LogP contribution < -0.4 is 14.4 Å². The average molecular weight is 384 g/mol. The number of amides is 1. The summed E-state index contributed by atoms with van der Waals surface area (Å²) in [5, 5.41) is 9.13. The number of benzene rings is 2. The number of ether oxygens (including phenoxy) is 2. The molecule has 1 aliphatic heterocycles. The van der Waals surface area contributed by atoms with Crippen LogP contribution in [0.5, 0.6) is 11.5 Å². The van der Waals surface area contributed by atoms with Crippen LogP contribution in [0.1, 0.15) is 16.8 Å². The number of piperazine rings is 1. The van der Waals surface area contributed by atoms with E-state index >= 15 is 0 Å². The number of anilines is 1. The van der Waals surface area contributed by atoms with E-state index in [9.17, 15) is 9.59 Å². The molecular weight excluding hydrogens is 360 g/mol. The van der Waals surface area contributed by atoms with Crippen molar-refractivity contribution in [3.05, 3.63) is 54.1 Å². The molecule has 148 valence electrons. The highest BCUT2D eigenvalue weighted by atomic mass is 16.5. The van der Waals surface area contributed by atoms with Crippen molar-refractivity contribution in [2.45, 2.75) is 6.42 Å². The second-order valence-electron chi connectivity index (χ2n) is 6.47.